The zero-order valence-corrected chi connectivity index (χ0v) is 14.5. The van der Waals surface area contributed by atoms with Crippen LogP contribution in [0, 0.1) is 11.3 Å². The molecule has 1 aliphatic heterocycles. The van der Waals surface area contributed by atoms with Crippen molar-refractivity contribution in [1.82, 2.24) is 4.90 Å². The average Bonchev–Trinajstić information content (AvgIpc) is 3.15. The van der Waals surface area contributed by atoms with Crippen molar-refractivity contribution in [3.05, 3.63) is 35.9 Å². The number of carboxylic acid groups (broad SMARTS) is 1. The lowest BCUT2D eigenvalue weighted by molar-refractivity contribution is -0.150. The first-order valence-corrected chi connectivity index (χ1v) is 9.07. The van der Waals surface area contributed by atoms with Crippen LogP contribution in [0.25, 0.3) is 0 Å². The summed E-state index contributed by atoms with van der Waals surface area (Å²) in [4.78, 5) is 26.2. The lowest BCUT2D eigenvalue weighted by Crippen LogP contribution is -2.50. The molecule has 2 fully saturated rings. The van der Waals surface area contributed by atoms with Gasteiger partial charge in [-0.2, -0.15) is 0 Å². The summed E-state index contributed by atoms with van der Waals surface area (Å²) in [6.07, 6.45) is 0.827. The van der Waals surface area contributed by atoms with Crippen molar-refractivity contribution in [2.75, 3.05) is 5.75 Å². The number of hydrogen-bond acceptors (Lipinski definition) is 3. The van der Waals surface area contributed by atoms with E-state index in [2.05, 4.69) is 20.8 Å². The molecule has 5 heteroatoms. The van der Waals surface area contributed by atoms with E-state index in [-0.39, 0.29) is 28.5 Å². The normalized spacial score (nSPS) is 30.3. The Hall–Kier alpha value is -1.49. The Morgan fingerprint density at radius 3 is 2.43 bits per heavy atom. The summed E-state index contributed by atoms with van der Waals surface area (Å²) in [5, 5.41) is 9.42. The Bertz CT molecular complexity index is 610. The van der Waals surface area contributed by atoms with Crippen molar-refractivity contribution < 1.29 is 14.7 Å². The monoisotopic (exact) mass is 333 g/mol. The van der Waals surface area contributed by atoms with E-state index in [0.29, 0.717) is 5.75 Å². The van der Waals surface area contributed by atoms with Crippen molar-refractivity contribution in [3.63, 3.8) is 0 Å². The van der Waals surface area contributed by atoms with Crippen LogP contribution in [0.15, 0.2) is 30.3 Å². The van der Waals surface area contributed by atoms with Gasteiger partial charge in [-0.1, -0.05) is 51.1 Å². The van der Waals surface area contributed by atoms with Crippen LogP contribution in [-0.2, 0) is 9.59 Å². The molecule has 1 heterocycles. The lowest BCUT2D eigenvalue weighted by Gasteiger charge is -2.36. The SMILES string of the molecule is CC(C)(C)[C@H]1SC[C@H](C(=O)O)N1C(=O)[C@@H]1C[C@@H]1c1ccccc1. The fraction of sp³-hybridized carbons (Fsp3) is 0.556. The highest BCUT2D eigenvalue weighted by atomic mass is 32.2. The summed E-state index contributed by atoms with van der Waals surface area (Å²) in [5.41, 5.74) is 1.04. The number of hydrogen-bond donors (Lipinski definition) is 1. The highest BCUT2D eigenvalue weighted by Gasteiger charge is 2.53. The van der Waals surface area contributed by atoms with Crippen molar-refractivity contribution in [1.29, 1.82) is 0 Å². The predicted octanol–water partition coefficient (Wildman–Crippen LogP) is 3.19. The molecule has 1 aromatic carbocycles. The number of thioether (sulfide) groups is 1. The minimum absolute atomic E-state index is 0.0104. The lowest BCUT2D eigenvalue weighted by atomic mass is 9.94. The van der Waals surface area contributed by atoms with Gasteiger partial charge in [-0.15, -0.1) is 11.8 Å². The first kappa shape index (κ1) is 16.4. The molecule has 1 N–H and O–H groups in total. The van der Waals surface area contributed by atoms with Gasteiger partial charge in [0.05, 0.1) is 5.37 Å². The minimum Gasteiger partial charge on any atom is -0.480 e. The highest BCUT2D eigenvalue weighted by molar-refractivity contribution is 8.00. The summed E-state index contributed by atoms with van der Waals surface area (Å²) in [5.74, 6) is -0.232. The number of benzene rings is 1. The highest BCUT2D eigenvalue weighted by Crippen LogP contribution is 2.51. The standard InChI is InChI=1S/C18H23NO3S/c1-18(2,3)17-19(14(10-23-17)16(21)22)15(20)13-9-12(13)11-7-5-4-6-8-11/h4-8,12-14,17H,9-10H2,1-3H3,(H,21,22)/t12-,13-,14-,17-/m1/s1. The molecule has 1 amide bonds. The second-order valence-corrected chi connectivity index (χ2v) is 8.62. The summed E-state index contributed by atoms with van der Waals surface area (Å²) < 4.78 is 0. The van der Waals surface area contributed by atoms with Gasteiger partial charge in [0.1, 0.15) is 6.04 Å². The molecule has 1 aromatic rings. The third kappa shape index (κ3) is 3.11. The van der Waals surface area contributed by atoms with Crippen LogP contribution >= 0.6 is 11.8 Å². The molecule has 124 valence electrons. The van der Waals surface area contributed by atoms with E-state index in [4.69, 9.17) is 0 Å². The first-order chi connectivity index (χ1) is 10.8. The molecule has 0 spiro atoms. The predicted molar refractivity (Wildman–Crippen MR) is 91.3 cm³/mol. The Labute approximate surface area is 141 Å². The van der Waals surface area contributed by atoms with Crippen LogP contribution in [0.5, 0.6) is 0 Å². The fourth-order valence-corrected chi connectivity index (χ4v) is 4.94. The van der Waals surface area contributed by atoms with Crippen LogP contribution in [0.4, 0.5) is 0 Å². The molecule has 1 saturated carbocycles. The van der Waals surface area contributed by atoms with Gasteiger partial charge in [0.25, 0.3) is 0 Å². The topological polar surface area (TPSA) is 57.6 Å². The van der Waals surface area contributed by atoms with E-state index in [1.807, 2.05) is 30.3 Å². The van der Waals surface area contributed by atoms with Gasteiger partial charge in [0.2, 0.25) is 5.91 Å². The third-order valence-corrected chi connectivity index (χ3v) is 6.37. The second-order valence-electron chi connectivity index (χ2n) is 7.51. The molecule has 2 aliphatic rings. The van der Waals surface area contributed by atoms with Crippen molar-refractivity contribution in [3.8, 4) is 0 Å². The summed E-state index contributed by atoms with van der Waals surface area (Å²) in [6, 6.07) is 9.33. The zero-order chi connectivity index (χ0) is 16.8. The molecular formula is C18H23NO3S. The molecule has 4 nitrogen and oxygen atoms in total. The summed E-state index contributed by atoms with van der Waals surface area (Å²) >= 11 is 1.59. The van der Waals surface area contributed by atoms with Gasteiger partial charge in [-0.3, -0.25) is 4.79 Å². The maximum Gasteiger partial charge on any atom is 0.327 e. The molecule has 0 bridgehead atoms. The van der Waals surface area contributed by atoms with Crippen molar-refractivity contribution in [2.45, 2.75) is 44.5 Å². The van der Waals surface area contributed by atoms with Crippen molar-refractivity contribution >= 4 is 23.6 Å². The number of carbonyl (C=O) groups is 2. The Balaban J connectivity index is 1.80. The zero-order valence-electron chi connectivity index (χ0n) is 13.7. The van der Waals surface area contributed by atoms with Crippen LogP contribution in [0.3, 0.4) is 0 Å². The molecule has 1 aliphatic carbocycles. The van der Waals surface area contributed by atoms with E-state index < -0.39 is 12.0 Å². The van der Waals surface area contributed by atoms with Crippen LogP contribution < -0.4 is 0 Å². The number of amides is 1. The Morgan fingerprint density at radius 2 is 1.87 bits per heavy atom. The fourth-order valence-electron chi connectivity index (χ4n) is 3.36. The smallest absolute Gasteiger partial charge is 0.327 e. The largest absolute Gasteiger partial charge is 0.480 e. The molecule has 1 saturated heterocycles. The maximum absolute atomic E-state index is 13.0. The van der Waals surface area contributed by atoms with Gasteiger partial charge >= 0.3 is 5.97 Å². The van der Waals surface area contributed by atoms with Gasteiger partial charge < -0.3 is 10.0 Å². The summed E-state index contributed by atoms with van der Waals surface area (Å²) in [7, 11) is 0. The molecule has 23 heavy (non-hydrogen) atoms. The maximum atomic E-state index is 13.0. The minimum atomic E-state index is -0.894. The van der Waals surface area contributed by atoms with Gasteiger partial charge in [0.15, 0.2) is 0 Å². The molecule has 0 aromatic heterocycles. The first-order valence-electron chi connectivity index (χ1n) is 8.02. The number of rotatable bonds is 3. The summed E-state index contributed by atoms with van der Waals surface area (Å²) in [6.45, 7) is 6.20. The molecule has 3 rings (SSSR count). The second kappa shape index (κ2) is 5.86. The van der Waals surface area contributed by atoms with Crippen LogP contribution in [0.1, 0.15) is 38.7 Å². The van der Waals surface area contributed by atoms with Crippen molar-refractivity contribution in [2.24, 2.45) is 11.3 Å². The van der Waals surface area contributed by atoms with E-state index in [9.17, 15) is 14.7 Å². The van der Waals surface area contributed by atoms with E-state index in [1.165, 1.54) is 5.56 Å². The third-order valence-electron chi connectivity index (χ3n) is 4.62. The van der Waals surface area contributed by atoms with Gasteiger partial charge in [0, 0.05) is 11.7 Å². The molecule has 0 unspecified atom stereocenters. The quantitative estimate of drug-likeness (QED) is 0.923. The van der Waals surface area contributed by atoms with Crippen LogP contribution in [-0.4, -0.2) is 39.1 Å². The van der Waals surface area contributed by atoms with E-state index in [0.717, 1.165) is 6.42 Å². The average molecular weight is 333 g/mol. The van der Waals surface area contributed by atoms with Gasteiger partial charge in [-0.05, 0) is 23.3 Å². The Morgan fingerprint density at radius 1 is 1.22 bits per heavy atom. The van der Waals surface area contributed by atoms with Gasteiger partial charge in [-0.25, -0.2) is 4.79 Å². The number of carboxylic acids is 1. The molecule has 0 radical (unpaired) electrons. The van der Waals surface area contributed by atoms with Crippen LogP contribution in [0.2, 0.25) is 0 Å². The van der Waals surface area contributed by atoms with E-state index >= 15 is 0 Å². The Kier molecular flexibility index (Phi) is 4.17. The number of aliphatic carboxylic acids is 1. The van der Waals surface area contributed by atoms with E-state index in [1.54, 1.807) is 16.7 Å². The molecule has 4 atom stereocenters. The number of carbonyl (C=O) groups excluding carboxylic acids is 1. The molecular weight excluding hydrogens is 310 g/mol. The number of nitrogens with zero attached hydrogens (tertiary/aromatic N) is 1.